The molecule has 1 unspecified atom stereocenters. The Labute approximate surface area is 177 Å². The number of aromatic nitrogens is 4. The smallest absolute Gasteiger partial charge is 0.330 e. The Morgan fingerprint density at radius 2 is 2.00 bits per heavy atom. The fourth-order valence-corrected chi connectivity index (χ4v) is 5.32. The predicted molar refractivity (Wildman–Crippen MR) is 114 cm³/mol. The van der Waals surface area contributed by atoms with Crippen LogP contribution in [-0.4, -0.2) is 66.4 Å². The van der Waals surface area contributed by atoms with Gasteiger partial charge in [0.2, 0.25) is 5.88 Å². The summed E-state index contributed by atoms with van der Waals surface area (Å²) < 4.78 is 36.8. The normalized spacial score (nSPS) is 17.4. The Kier molecular flexibility index (Phi) is 8.05. The Hall–Kier alpha value is -1.74. The number of ether oxygens (including phenoxy) is 2. The van der Waals surface area contributed by atoms with E-state index in [9.17, 15) is 4.57 Å². The molecule has 2 aromatic heterocycles. The van der Waals surface area contributed by atoms with Crippen LogP contribution in [0.2, 0.25) is 0 Å². The minimum absolute atomic E-state index is 0.159. The van der Waals surface area contributed by atoms with Crippen molar-refractivity contribution in [3.8, 4) is 5.88 Å². The van der Waals surface area contributed by atoms with E-state index in [0.717, 1.165) is 25.1 Å². The summed E-state index contributed by atoms with van der Waals surface area (Å²) in [6, 6.07) is 0. The zero-order valence-electron chi connectivity index (χ0n) is 18.2. The molecule has 0 aliphatic carbocycles. The minimum Gasteiger partial charge on any atom is -0.479 e. The van der Waals surface area contributed by atoms with Crippen molar-refractivity contribution in [2.75, 3.05) is 51.6 Å². The van der Waals surface area contributed by atoms with Crippen molar-refractivity contribution in [2.45, 2.75) is 45.8 Å². The van der Waals surface area contributed by atoms with Crippen LogP contribution in [0.25, 0.3) is 11.0 Å². The molecule has 10 nitrogen and oxygen atoms in total. The molecule has 1 fully saturated rings. The van der Waals surface area contributed by atoms with E-state index in [4.69, 9.17) is 23.6 Å². The maximum Gasteiger partial charge on any atom is 0.330 e. The lowest BCUT2D eigenvalue weighted by Crippen LogP contribution is -2.27. The summed E-state index contributed by atoms with van der Waals surface area (Å²) in [6.45, 7) is 5.70. The Morgan fingerprint density at radius 3 is 2.63 bits per heavy atom. The van der Waals surface area contributed by atoms with E-state index in [2.05, 4.69) is 14.9 Å². The maximum atomic E-state index is 12.8. The molecule has 3 rings (SSSR count). The first kappa shape index (κ1) is 22.9. The van der Waals surface area contributed by atoms with Gasteiger partial charge in [0.1, 0.15) is 11.8 Å². The van der Waals surface area contributed by atoms with Crippen LogP contribution < -0.4 is 9.64 Å². The second-order valence-electron chi connectivity index (χ2n) is 7.11. The summed E-state index contributed by atoms with van der Waals surface area (Å²) in [4.78, 5) is 10.7. The lowest BCUT2D eigenvalue weighted by Gasteiger charge is -2.28. The van der Waals surface area contributed by atoms with E-state index in [-0.39, 0.29) is 6.23 Å². The second kappa shape index (κ2) is 10.5. The third-order valence-corrected chi connectivity index (χ3v) is 7.15. The largest absolute Gasteiger partial charge is 0.479 e. The van der Waals surface area contributed by atoms with Crippen molar-refractivity contribution in [3.05, 3.63) is 6.33 Å². The van der Waals surface area contributed by atoms with Crippen LogP contribution in [-0.2, 0) is 18.3 Å². The van der Waals surface area contributed by atoms with E-state index in [1.807, 2.05) is 25.6 Å². The molecule has 2 aromatic rings. The van der Waals surface area contributed by atoms with Crippen molar-refractivity contribution >= 4 is 24.4 Å². The van der Waals surface area contributed by atoms with Crippen LogP contribution in [0.15, 0.2) is 6.33 Å². The Bertz CT molecular complexity index is 860. The van der Waals surface area contributed by atoms with Gasteiger partial charge in [0, 0.05) is 20.2 Å². The van der Waals surface area contributed by atoms with Crippen molar-refractivity contribution in [1.29, 1.82) is 0 Å². The van der Waals surface area contributed by atoms with E-state index < -0.39 is 7.60 Å². The highest BCUT2D eigenvalue weighted by molar-refractivity contribution is 7.53. The SMILES string of the molecule is CCOP(=O)(CCCN(C)c1c2ncnc(OC)c2nn1C1CCCCO1)OCC. The highest BCUT2D eigenvalue weighted by atomic mass is 31.2. The average Bonchev–Trinajstić information content (AvgIpc) is 3.14. The molecular formula is C19H32N5O5P. The molecule has 1 aliphatic heterocycles. The first-order chi connectivity index (χ1) is 14.5. The van der Waals surface area contributed by atoms with Crippen LogP contribution in [0.5, 0.6) is 5.88 Å². The Balaban J connectivity index is 1.84. The lowest BCUT2D eigenvalue weighted by atomic mass is 10.2. The van der Waals surface area contributed by atoms with Crippen molar-refractivity contribution in [3.63, 3.8) is 0 Å². The third kappa shape index (κ3) is 5.11. The summed E-state index contributed by atoms with van der Waals surface area (Å²) in [5.41, 5.74) is 1.31. The van der Waals surface area contributed by atoms with Crippen molar-refractivity contribution in [1.82, 2.24) is 19.7 Å². The number of anilines is 1. The molecule has 0 amide bonds. The molecule has 0 bridgehead atoms. The monoisotopic (exact) mass is 441 g/mol. The fraction of sp³-hybridized carbons (Fsp3) is 0.737. The van der Waals surface area contributed by atoms with Gasteiger partial charge in [-0.1, -0.05) is 0 Å². The van der Waals surface area contributed by atoms with E-state index in [0.29, 0.717) is 55.9 Å². The summed E-state index contributed by atoms with van der Waals surface area (Å²) in [7, 11) is 0.468. The van der Waals surface area contributed by atoms with Crippen LogP contribution in [0, 0.1) is 0 Å². The highest BCUT2D eigenvalue weighted by Gasteiger charge is 2.28. The first-order valence-electron chi connectivity index (χ1n) is 10.5. The van der Waals surface area contributed by atoms with E-state index in [1.165, 1.54) is 6.33 Å². The number of methoxy groups -OCH3 is 1. The Morgan fingerprint density at radius 1 is 1.23 bits per heavy atom. The third-order valence-electron chi connectivity index (χ3n) is 4.99. The summed E-state index contributed by atoms with van der Waals surface area (Å²) in [5, 5.41) is 4.74. The zero-order valence-corrected chi connectivity index (χ0v) is 19.1. The lowest BCUT2D eigenvalue weighted by molar-refractivity contribution is -0.0381. The maximum absolute atomic E-state index is 12.8. The number of fused-ring (bicyclic) bond motifs is 1. The fourth-order valence-electron chi connectivity index (χ4n) is 3.67. The highest BCUT2D eigenvalue weighted by Crippen LogP contribution is 2.48. The quantitative estimate of drug-likeness (QED) is 0.484. The zero-order chi connectivity index (χ0) is 21.6. The molecule has 11 heteroatoms. The summed E-state index contributed by atoms with van der Waals surface area (Å²) >= 11 is 0. The van der Waals surface area contributed by atoms with Crippen LogP contribution in [0.4, 0.5) is 5.82 Å². The predicted octanol–water partition coefficient (Wildman–Crippen LogP) is 3.63. The second-order valence-corrected chi connectivity index (χ2v) is 9.30. The molecule has 0 radical (unpaired) electrons. The number of nitrogens with zero attached hydrogens (tertiary/aromatic N) is 5. The molecular weight excluding hydrogens is 409 g/mol. The van der Waals surface area contributed by atoms with Gasteiger partial charge in [0.15, 0.2) is 17.6 Å². The number of hydrogen-bond donors (Lipinski definition) is 0. The molecule has 0 aromatic carbocycles. The topological polar surface area (TPSA) is 101 Å². The van der Waals surface area contributed by atoms with Gasteiger partial charge in [-0.25, -0.2) is 9.67 Å². The molecule has 3 heterocycles. The number of hydrogen-bond acceptors (Lipinski definition) is 9. The van der Waals surface area contributed by atoms with Gasteiger partial charge in [-0.3, -0.25) is 4.57 Å². The molecule has 1 aliphatic rings. The molecule has 0 saturated carbocycles. The summed E-state index contributed by atoms with van der Waals surface area (Å²) in [5.74, 6) is 1.27. The van der Waals surface area contributed by atoms with Crippen LogP contribution in [0.1, 0.15) is 45.8 Å². The van der Waals surface area contributed by atoms with Gasteiger partial charge in [0.05, 0.1) is 26.5 Å². The standard InChI is InChI=1S/C19H32N5O5P/c1-5-28-30(25,29-6-2)13-9-11-23(3)19-17-16(18(26-4)21-14-20-17)22-24(19)15-10-7-8-12-27-15/h14-15H,5-13H2,1-4H3. The molecule has 168 valence electrons. The molecule has 1 saturated heterocycles. The van der Waals surface area contributed by atoms with E-state index in [1.54, 1.807) is 7.11 Å². The van der Waals surface area contributed by atoms with Crippen molar-refractivity contribution < 1.29 is 23.1 Å². The van der Waals surface area contributed by atoms with Crippen molar-refractivity contribution in [2.24, 2.45) is 0 Å². The van der Waals surface area contributed by atoms with Gasteiger partial charge < -0.3 is 23.4 Å². The molecule has 1 atom stereocenters. The van der Waals surface area contributed by atoms with Gasteiger partial charge in [0.25, 0.3) is 0 Å². The van der Waals surface area contributed by atoms with Crippen LogP contribution >= 0.6 is 7.60 Å². The van der Waals surface area contributed by atoms with E-state index >= 15 is 0 Å². The van der Waals surface area contributed by atoms with Gasteiger partial charge >= 0.3 is 7.60 Å². The molecule has 30 heavy (non-hydrogen) atoms. The van der Waals surface area contributed by atoms with Crippen LogP contribution in [0.3, 0.4) is 0 Å². The summed E-state index contributed by atoms with van der Waals surface area (Å²) in [6.07, 6.45) is 5.32. The first-order valence-corrected chi connectivity index (χ1v) is 12.2. The molecule has 0 N–H and O–H groups in total. The van der Waals surface area contributed by atoms with Gasteiger partial charge in [-0.05, 0) is 39.5 Å². The molecule has 0 spiro atoms. The number of rotatable bonds is 11. The van der Waals surface area contributed by atoms with Gasteiger partial charge in [-0.15, -0.1) is 0 Å². The minimum atomic E-state index is -3.07. The average molecular weight is 441 g/mol. The van der Waals surface area contributed by atoms with Gasteiger partial charge in [-0.2, -0.15) is 10.1 Å².